The number of imidazole rings is 1. The van der Waals surface area contributed by atoms with Crippen molar-refractivity contribution in [3.05, 3.63) is 89.7 Å². The molecule has 46 heavy (non-hydrogen) atoms. The minimum atomic E-state index is -1.08. The molecule has 1 saturated carbocycles. The fraction of sp³-hybridized carbons (Fsp3) is 0.447. The topological polar surface area (TPSA) is 96.7 Å². The van der Waals surface area contributed by atoms with Crippen molar-refractivity contribution in [2.45, 2.75) is 103 Å². The second kappa shape index (κ2) is 16.3. The minimum Gasteiger partial charge on any atom is -0.478 e. The first-order valence-electron chi connectivity index (χ1n) is 17.1. The van der Waals surface area contributed by atoms with Crippen LogP contribution in [-0.2, 0) is 17.8 Å². The molecule has 1 heterocycles. The van der Waals surface area contributed by atoms with E-state index >= 15 is 0 Å². The quantitative estimate of drug-likeness (QED) is 0.129. The average molecular weight is 625 g/mol. The number of fused-ring (bicyclic) bond motifs is 1. The van der Waals surface area contributed by atoms with E-state index in [1.807, 2.05) is 59.5 Å². The summed E-state index contributed by atoms with van der Waals surface area (Å²) >= 11 is 0. The Morgan fingerprint density at radius 2 is 1.70 bits per heavy atom. The van der Waals surface area contributed by atoms with Gasteiger partial charge in [-0.05, 0) is 61.6 Å². The Morgan fingerprint density at radius 3 is 2.39 bits per heavy atom. The summed E-state index contributed by atoms with van der Waals surface area (Å²) in [5.41, 5.74) is 4.46. The number of nitrogens with one attached hydrogen (secondary N) is 1. The second-order valence-electron chi connectivity index (χ2n) is 12.4. The Kier molecular flexibility index (Phi) is 11.7. The SMILES string of the molecule is CCCCCN(C(=O)NC1CCCCC1)c1ccc2nc(CCCC)n(Cc3ccc(OC(C(=O)O)c4ccccc4)cc3)c2c1. The highest BCUT2D eigenvalue weighted by Gasteiger charge is 2.23. The summed E-state index contributed by atoms with van der Waals surface area (Å²) in [6.07, 6.45) is 10.7. The second-order valence-corrected chi connectivity index (χ2v) is 12.4. The molecule has 1 atom stereocenters. The molecule has 2 N–H and O–H groups in total. The Balaban J connectivity index is 1.41. The molecule has 244 valence electrons. The summed E-state index contributed by atoms with van der Waals surface area (Å²) in [5, 5.41) is 13.1. The number of anilines is 1. The van der Waals surface area contributed by atoms with E-state index < -0.39 is 12.1 Å². The van der Waals surface area contributed by atoms with Crippen molar-refractivity contribution >= 4 is 28.7 Å². The summed E-state index contributed by atoms with van der Waals surface area (Å²) in [7, 11) is 0. The molecule has 1 aliphatic carbocycles. The van der Waals surface area contributed by atoms with E-state index in [0.29, 0.717) is 24.4 Å². The van der Waals surface area contributed by atoms with Gasteiger partial charge in [-0.2, -0.15) is 0 Å². The minimum absolute atomic E-state index is 0.00891. The lowest BCUT2D eigenvalue weighted by atomic mass is 9.96. The van der Waals surface area contributed by atoms with Gasteiger partial charge in [0.15, 0.2) is 0 Å². The van der Waals surface area contributed by atoms with Crippen molar-refractivity contribution in [3.8, 4) is 5.75 Å². The van der Waals surface area contributed by atoms with Crippen LogP contribution in [0.1, 0.15) is 101 Å². The molecule has 3 aromatic carbocycles. The number of hydrogen-bond donors (Lipinski definition) is 2. The highest BCUT2D eigenvalue weighted by atomic mass is 16.5. The molecule has 4 aromatic rings. The molecule has 1 aliphatic rings. The van der Waals surface area contributed by atoms with Crippen molar-refractivity contribution in [2.24, 2.45) is 0 Å². The van der Waals surface area contributed by atoms with E-state index in [9.17, 15) is 14.7 Å². The van der Waals surface area contributed by atoms with Crippen LogP contribution >= 0.6 is 0 Å². The maximum Gasteiger partial charge on any atom is 0.349 e. The summed E-state index contributed by atoms with van der Waals surface area (Å²) in [4.78, 5) is 32.6. The third-order valence-corrected chi connectivity index (χ3v) is 8.88. The lowest BCUT2D eigenvalue weighted by Crippen LogP contribution is -2.46. The Morgan fingerprint density at radius 1 is 0.957 bits per heavy atom. The molecule has 0 aliphatic heterocycles. The van der Waals surface area contributed by atoms with Crippen LogP contribution in [0.5, 0.6) is 5.75 Å². The number of nitrogens with zero attached hydrogens (tertiary/aromatic N) is 3. The van der Waals surface area contributed by atoms with Gasteiger partial charge in [0.25, 0.3) is 0 Å². The third kappa shape index (κ3) is 8.47. The van der Waals surface area contributed by atoms with Crippen LogP contribution < -0.4 is 15.0 Å². The zero-order valence-corrected chi connectivity index (χ0v) is 27.3. The molecule has 8 heteroatoms. The van der Waals surface area contributed by atoms with Gasteiger partial charge >= 0.3 is 12.0 Å². The molecule has 0 saturated heterocycles. The molecule has 0 spiro atoms. The number of aromatic nitrogens is 2. The van der Waals surface area contributed by atoms with Gasteiger partial charge in [0.2, 0.25) is 6.10 Å². The van der Waals surface area contributed by atoms with Crippen molar-refractivity contribution in [2.75, 3.05) is 11.4 Å². The van der Waals surface area contributed by atoms with E-state index in [2.05, 4.69) is 29.8 Å². The zero-order valence-electron chi connectivity index (χ0n) is 27.3. The lowest BCUT2D eigenvalue weighted by molar-refractivity contribution is -0.145. The van der Waals surface area contributed by atoms with Crippen molar-refractivity contribution in [3.63, 3.8) is 0 Å². The molecular formula is C38H48N4O4. The average Bonchev–Trinajstić information content (AvgIpc) is 3.42. The van der Waals surface area contributed by atoms with Gasteiger partial charge in [0.1, 0.15) is 11.6 Å². The number of ether oxygens (including phenoxy) is 1. The number of carboxylic acid groups (broad SMARTS) is 1. The molecule has 5 rings (SSSR count). The number of unbranched alkanes of at least 4 members (excludes halogenated alkanes) is 3. The Labute approximate surface area is 272 Å². The Hall–Kier alpha value is -4.33. The van der Waals surface area contributed by atoms with Crippen LogP contribution in [0.4, 0.5) is 10.5 Å². The molecule has 0 bridgehead atoms. The molecule has 8 nitrogen and oxygen atoms in total. The van der Waals surface area contributed by atoms with Crippen molar-refractivity contribution in [1.82, 2.24) is 14.9 Å². The number of rotatable bonds is 15. The first kappa shape index (κ1) is 33.0. The molecule has 2 amide bonds. The van der Waals surface area contributed by atoms with Crippen LogP contribution in [0.15, 0.2) is 72.8 Å². The van der Waals surface area contributed by atoms with E-state index in [0.717, 1.165) is 79.5 Å². The third-order valence-electron chi connectivity index (χ3n) is 8.88. The number of benzene rings is 3. The molecule has 0 radical (unpaired) electrons. The van der Waals surface area contributed by atoms with Crippen LogP contribution in [0.3, 0.4) is 0 Å². The van der Waals surface area contributed by atoms with Gasteiger partial charge in [-0.1, -0.05) is 94.8 Å². The number of urea groups is 1. The van der Waals surface area contributed by atoms with Crippen LogP contribution in [0.2, 0.25) is 0 Å². The van der Waals surface area contributed by atoms with E-state index in [1.165, 1.54) is 19.3 Å². The smallest absolute Gasteiger partial charge is 0.349 e. The standard InChI is InChI=1S/C38H48N4O4/c1-3-5-13-25-41(38(45)39-30-16-11-8-12-17-30)31-21-24-33-34(26-31)42(35(40-33)18-6-4-2)27-28-19-22-32(23-20-28)46-36(37(43)44)29-14-9-7-10-15-29/h7,9-10,14-15,19-24,26,30,36H,3-6,8,11-13,16-18,25,27H2,1-2H3,(H,39,45)(H,43,44). The monoisotopic (exact) mass is 624 g/mol. The summed E-state index contributed by atoms with van der Waals surface area (Å²) in [5.74, 6) is 0.483. The van der Waals surface area contributed by atoms with E-state index in [4.69, 9.17) is 9.72 Å². The number of carbonyl (C=O) groups excluding carboxylic acids is 1. The number of aliphatic carboxylic acids is 1. The Bertz CT molecular complexity index is 1560. The van der Waals surface area contributed by atoms with Gasteiger partial charge in [0, 0.05) is 36.8 Å². The lowest BCUT2D eigenvalue weighted by Gasteiger charge is -2.28. The molecule has 1 aromatic heterocycles. The molecule has 1 fully saturated rings. The number of amides is 2. The van der Waals surface area contributed by atoms with Gasteiger partial charge in [0.05, 0.1) is 11.0 Å². The first-order valence-corrected chi connectivity index (χ1v) is 17.1. The number of carboxylic acids is 1. The highest BCUT2D eigenvalue weighted by Crippen LogP contribution is 2.28. The van der Waals surface area contributed by atoms with Crippen LogP contribution in [0.25, 0.3) is 11.0 Å². The number of aryl methyl sites for hydroxylation is 1. The largest absolute Gasteiger partial charge is 0.478 e. The van der Waals surface area contributed by atoms with Gasteiger partial charge < -0.3 is 19.7 Å². The summed E-state index contributed by atoms with van der Waals surface area (Å²) in [6, 6.07) is 23.0. The number of hydrogen-bond acceptors (Lipinski definition) is 4. The predicted molar refractivity (Wildman–Crippen MR) is 184 cm³/mol. The van der Waals surface area contributed by atoms with Gasteiger partial charge in [-0.3, -0.25) is 4.90 Å². The zero-order chi connectivity index (χ0) is 32.3. The summed E-state index contributed by atoms with van der Waals surface area (Å²) < 4.78 is 8.16. The van der Waals surface area contributed by atoms with Crippen molar-refractivity contribution < 1.29 is 19.4 Å². The van der Waals surface area contributed by atoms with E-state index in [-0.39, 0.29) is 12.1 Å². The first-order chi connectivity index (χ1) is 22.5. The van der Waals surface area contributed by atoms with Crippen LogP contribution in [-0.4, -0.2) is 39.2 Å². The maximum atomic E-state index is 13.6. The van der Waals surface area contributed by atoms with Crippen molar-refractivity contribution in [1.29, 1.82) is 0 Å². The number of carbonyl (C=O) groups is 2. The normalized spacial score (nSPS) is 14.2. The molecule has 1 unspecified atom stereocenters. The molecular weight excluding hydrogens is 576 g/mol. The fourth-order valence-corrected chi connectivity index (χ4v) is 6.28. The van der Waals surface area contributed by atoms with Gasteiger partial charge in [-0.15, -0.1) is 0 Å². The predicted octanol–water partition coefficient (Wildman–Crippen LogP) is 8.67. The maximum absolute atomic E-state index is 13.6. The highest BCUT2D eigenvalue weighted by molar-refractivity contribution is 5.94. The fourth-order valence-electron chi connectivity index (χ4n) is 6.28. The summed E-state index contributed by atoms with van der Waals surface area (Å²) in [6.45, 7) is 5.64. The van der Waals surface area contributed by atoms with E-state index in [1.54, 1.807) is 12.1 Å². The van der Waals surface area contributed by atoms with Gasteiger partial charge in [-0.25, -0.2) is 14.6 Å². The van der Waals surface area contributed by atoms with Crippen LogP contribution in [0, 0.1) is 0 Å².